The number of benzene rings is 2. The van der Waals surface area contributed by atoms with Crippen LogP contribution in [-0.4, -0.2) is 26.0 Å². The minimum absolute atomic E-state index is 0.0440. The summed E-state index contributed by atoms with van der Waals surface area (Å²) in [6.07, 6.45) is 2.95. The molecule has 2 amide bonds. The average molecular weight is 392 g/mol. The Morgan fingerprint density at radius 3 is 2.34 bits per heavy atom. The van der Waals surface area contributed by atoms with Crippen molar-refractivity contribution < 1.29 is 23.5 Å². The molecular weight excluding hydrogens is 372 g/mol. The third kappa shape index (κ3) is 5.04. The lowest BCUT2D eigenvalue weighted by Crippen LogP contribution is -2.30. The monoisotopic (exact) mass is 392 g/mol. The first-order valence-electron chi connectivity index (χ1n) is 8.75. The van der Waals surface area contributed by atoms with Gasteiger partial charge in [-0.2, -0.15) is 0 Å². The van der Waals surface area contributed by atoms with Crippen LogP contribution in [0.5, 0.6) is 11.5 Å². The lowest BCUT2D eigenvalue weighted by atomic mass is 10.1. The van der Waals surface area contributed by atoms with Crippen molar-refractivity contribution in [1.29, 1.82) is 0 Å². The molecule has 0 saturated carbocycles. The summed E-state index contributed by atoms with van der Waals surface area (Å²) < 4.78 is 15.5. The van der Waals surface area contributed by atoms with Crippen LogP contribution >= 0.6 is 0 Å². The quantitative estimate of drug-likeness (QED) is 0.599. The summed E-state index contributed by atoms with van der Waals surface area (Å²) in [7, 11) is 3.08. The highest BCUT2D eigenvalue weighted by Crippen LogP contribution is 2.24. The van der Waals surface area contributed by atoms with Gasteiger partial charge >= 0.3 is 0 Å². The number of rotatable bonds is 7. The van der Waals surface area contributed by atoms with Crippen LogP contribution in [0.3, 0.4) is 0 Å². The summed E-state index contributed by atoms with van der Waals surface area (Å²) in [6.45, 7) is 0. The van der Waals surface area contributed by atoms with Crippen molar-refractivity contribution in [2.24, 2.45) is 0 Å². The van der Waals surface area contributed by atoms with Crippen molar-refractivity contribution in [3.05, 3.63) is 83.9 Å². The first-order valence-corrected chi connectivity index (χ1v) is 8.75. The molecule has 0 saturated heterocycles. The maximum absolute atomic E-state index is 12.9. The fourth-order valence-corrected chi connectivity index (χ4v) is 2.55. The Kier molecular flexibility index (Phi) is 6.32. The Labute approximate surface area is 167 Å². The summed E-state index contributed by atoms with van der Waals surface area (Å²) in [6, 6.07) is 17.2. The molecule has 0 aliphatic carbocycles. The number of ether oxygens (including phenoxy) is 2. The Balaban J connectivity index is 1.89. The molecule has 148 valence electrons. The summed E-state index contributed by atoms with van der Waals surface area (Å²) >= 11 is 0. The second kappa shape index (κ2) is 9.27. The molecule has 0 radical (unpaired) electrons. The Morgan fingerprint density at radius 2 is 1.69 bits per heavy atom. The van der Waals surface area contributed by atoms with Crippen molar-refractivity contribution in [1.82, 2.24) is 5.32 Å². The van der Waals surface area contributed by atoms with Gasteiger partial charge in [0.1, 0.15) is 17.2 Å². The number of hydrogen-bond acceptors (Lipinski definition) is 5. The van der Waals surface area contributed by atoms with Crippen molar-refractivity contribution >= 4 is 23.6 Å². The Hall–Kier alpha value is -4.00. The number of furan rings is 1. The van der Waals surface area contributed by atoms with Crippen molar-refractivity contribution in [2.75, 3.05) is 19.5 Å². The maximum atomic E-state index is 12.9. The fraction of sp³-hybridized carbons (Fsp3) is 0.0909. The smallest absolute Gasteiger partial charge is 0.291 e. The second-order valence-electron chi connectivity index (χ2n) is 5.92. The molecule has 1 aromatic heterocycles. The number of para-hydroxylation sites is 2. The van der Waals surface area contributed by atoms with Crippen LogP contribution in [-0.2, 0) is 4.79 Å². The Morgan fingerprint density at radius 1 is 0.931 bits per heavy atom. The molecule has 2 aromatic carbocycles. The number of carbonyl (C=O) groups is 2. The van der Waals surface area contributed by atoms with Gasteiger partial charge in [0.15, 0.2) is 5.76 Å². The molecule has 0 atom stereocenters. The average Bonchev–Trinajstić information content (AvgIpc) is 3.29. The number of amides is 2. The van der Waals surface area contributed by atoms with Crippen LogP contribution in [0.4, 0.5) is 5.69 Å². The first-order chi connectivity index (χ1) is 14.1. The van der Waals surface area contributed by atoms with Crippen LogP contribution in [0.15, 0.2) is 77.0 Å². The molecular formula is C22H20N2O5. The molecule has 0 aliphatic heterocycles. The molecule has 1 heterocycles. The van der Waals surface area contributed by atoms with Crippen molar-refractivity contribution in [2.45, 2.75) is 0 Å². The number of carbonyl (C=O) groups excluding carboxylic acids is 2. The zero-order chi connectivity index (χ0) is 20.6. The highest BCUT2D eigenvalue weighted by molar-refractivity contribution is 6.10. The van der Waals surface area contributed by atoms with Gasteiger partial charge in [-0.25, -0.2) is 0 Å². The molecule has 0 unspecified atom stereocenters. The lowest BCUT2D eigenvalue weighted by Gasteiger charge is -2.13. The van der Waals surface area contributed by atoms with Crippen molar-refractivity contribution in [3.8, 4) is 11.5 Å². The number of anilines is 1. The lowest BCUT2D eigenvalue weighted by molar-refractivity contribution is -0.113. The van der Waals surface area contributed by atoms with Gasteiger partial charge in [-0.05, 0) is 48.0 Å². The van der Waals surface area contributed by atoms with E-state index in [-0.39, 0.29) is 11.5 Å². The van der Waals surface area contributed by atoms with Gasteiger partial charge in [0.05, 0.1) is 26.2 Å². The molecule has 7 nitrogen and oxygen atoms in total. The third-order valence-electron chi connectivity index (χ3n) is 4.02. The van der Waals surface area contributed by atoms with Crippen LogP contribution in [0.2, 0.25) is 0 Å². The third-order valence-corrected chi connectivity index (χ3v) is 4.02. The molecule has 0 bridgehead atoms. The van der Waals surface area contributed by atoms with Crippen LogP contribution < -0.4 is 20.1 Å². The van der Waals surface area contributed by atoms with E-state index in [1.54, 1.807) is 67.8 Å². The minimum atomic E-state index is -0.537. The van der Waals surface area contributed by atoms with Crippen LogP contribution in [0.1, 0.15) is 16.1 Å². The van der Waals surface area contributed by atoms with E-state index in [0.717, 1.165) is 0 Å². The molecule has 7 heteroatoms. The predicted octanol–water partition coefficient (Wildman–Crippen LogP) is 3.71. The van der Waals surface area contributed by atoms with Crippen LogP contribution in [0.25, 0.3) is 6.08 Å². The predicted molar refractivity (Wildman–Crippen MR) is 109 cm³/mol. The summed E-state index contributed by atoms with van der Waals surface area (Å²) in [5, 5.41) is 5.35. The van der Waals surface area contributed by atoms with E-state index in [1.165, 1.54) is 19.4 Å². The second-order valence-corrected chi connectivity index (χ2v) is 5.92. The maximum Gasteiger partial charge on any atom is 0.291 e. The van der Waals surface area contributed by atoms with E-state index < -0.39 is 11.8 Å². The fourth-order valence-electron chi connectivity index (χ4n) is 2.55. The number of methoxy groups -OCH3 is 2. The zero-order valence-electron chi connectivity index (χ0n) is 16.0. The van der Waals surface area contributed by atoms with E-state index in [2.05, 4.69) is 10.6 Å². The summed E-state index contributed by atoms with van der Waals surface area (Å²) in [4.78, 5) is 25.3. The normalized spacial score (nSPS) is 10.9. The van der Waals surface area contributed by atoms with Gasteiger partial charge in [-0.15, -0.1) is 0 Å². The zero-order valence-corrected chi connectivity index (χ0v) is 16.0. The van der Waals surface area contributed by atoms with Gasteiger partial charge in [-0.1, -0.05) is 24.3 Å². The first kappa shape index (κ1) is 19.8. The van der Waals surface area contributed by atoms with E-state index in [9.17, 15) is 9.59 Å². The molecule has 2 N–H and O–H groups in total. The summed E-state index contributed by atoms with van der Waals surface area (Å²) in [5.41, 5.74) is 1.23. The molecule has 0 spiro atoms. The van der Waals surface area contributed by atoms with Gasteiger partial charge in [0.2, 0.25) is 0 Å². The van der Waals surface area contributed by atoms with Gasteiger partial charge in [-0.3, -0.25) is 9.59 Å². The van der Waals surface area contributed by atoms with Gasteiger partial charge < -0.3 is 24.5 Å². The SMILES string of the molecule is COc1ccc(C=C(NC(=O)c2ccco2)C(=O)Nc2ccccc2OC)cc1. The Bertz CT molecular complexity index is 1010. The highest BCUT2D eigenvalue weighted by Gasteiger charge is 2.17. The van der Waals surface area contributed by atoms with E-state index in [4.69, 9.17) is 13.9 Å². The van der Waals surface area contributed by atoms with Crippen LogP contribution in [0, 0.1) is 0 Å². The largest absolute Gasteiger partial charge is 0.497 e. The molecule has 3 aromatic rings. The highest BCUT2D eigenvalue weighted by atomic mass is 16.5. The van der Waals surface area contributed by atoms with Crippen molar-refractivity contribution in [3.63, 3.8) is 0 Å². The molecule has 0 fully saturated rings. The van der Waals surface area contributed by atoms with E-state index >= 15 is 0 Å². The van der Waals surface area contributed by atoms with E-state index in [1.807, 2.05) is 0 Å². The molecule has 0 aliphatic rings. The number of hydrogen-bond donors (Lipinski definition) is 2. The summed E-state index contributed by atoms with van der Waals surface area (Å²) in [5.74, 6) is 0.231. The van der Waals surface area contributed by atoms with Gasteiger partial charge in [0.25, 0.3) is 11.8 Å². The molecule has 3 rings (SSSR count). The minimum Gasteiger partial charge on any atom is -0.497 e. The topological polar surface area (TPSA) is 89.8 Å². The van der Waals surface area contributed by atoms with Gasteiger partial charge in [0, 0.05) is 0 Å². The standard InChI is InChI=1S/C22H20N2O5/c1-27-16-11-9-15(10-12-16)14-18(24-22(26)20-8-5-13-29-20)21(25)23-17-6-3-4-7-19(17)28-2/h3-14H,1-2H3,(H,23,25)(H,24,26). The number of nitrogens with one attached hydrogen (secondary N) is 2. The molecule has 29 heavy (non-hydrogen) atoms. The van der Waals surface area contributed by atoms with E-state index in [0.29, 0.717) is 22.7 Å².